The first-order valence-electron chi connectivity index (χ1n) is 10.9. The first-order chi connectivity index (χ1) is 12.9. The van der Waals surface area contributed by atoms with Crippen LogP contribution in [0.2, 0.25) is 0 Å². The van der Waals surface area contributed by atoms with E-state index in [2.05, 4.69) is 6.92 Å². The van der Waals surface area contributed by atoms with Crippen molar-refractivity contribution >= 4 is 16.2 Å². The lowest BCUT2D eigenvalue weighted by molar-refractivity contribution is 0.253. The van der Waals surface area contributed by atoms with E-state index >= 15 is 0 Å². The monoisotopic (exact) mass is 405 g/mol. The van der Waals surface area contributed by atoms with Crippen LogP contribution >= 0.6 is 0 Å². The largest absolute Gasteiger partial charge is 0.351 e. The molecule has 0 bridgehead atoms. The maximum Gasteiger partial charge on any atom is 0.326 e. The minimum Gasteiger partial charge on any atom is -0.351 e. The second-order valence-corrected chi connectivity index (χ2v) is 9.37. The molecule has 0 atom stereocenters. The zero-order valence-corrected chi connectivity index (χ0v) is 18.5. The maximum atomic E-state index is 11.6. The first-order valence-corrected chi connectivity index (χ1v) is 12.4. The predicted molar refractivity (Wildman–Crippen MR) is 114 cm³/mol. The van der Waals surface area contributed by atoms with Crippen molar-refractivity contribution in [1.82, 2.24) is 9.03 Å². The van der Waals surface area contributed by atoms with E-state index in [1.807, 2.05) is 0 Å². The Kier molecular flexibility index (Phi) is 16.8. The SMILES string of the molecule is CCCCCCCCCCCCCCCCCCN(C)S(=O)(=O)NC(N)=O. The molecule has 7 heteroatoms. The highest BCUT2D eigenvalue weighted by atomic mass is 32.2. The van der Waals surface area contributed by atoms with Crippen molar-refractivity contribution in [2.24, 2.45) is 5.73 Å². The van der Waals surface area contributed by atoms with Gasteiger partial charge < -0.3 is 5.73 Å². The lowest BCUT2D eigenvalue weighted by atomic mass is 10.0. The van der Waals surface area contributed by atoms with Gasteiger partial charge in [0.15, 0.2) is 0 Å². The number of nitrogens with one attached hydrogen (secondary N) is 1. The number of nitrogens with zero attached hydrogens (tertiary/aromatic N) is 1. The summed E-state index contributed by atoms with van der Waals surface area (Å²) in [5.74, 6) is 0. The average molecular weight is 406 g/mol. The van der Waals surface area contributed by atoms with E-state index < -0.39 is 16.2 Å². The molecule has 0 aromatic rings. The summed E-state index contributed by atoms with van der Waals surface area (Å²) < 4.78 is 26.2. The van der Waals surface area contributed by atoms with Gasteiger partial charge in [-0.3, -0.25) is 0 Å². The molecule has 0 aliphatic rings. The van der Waals surface area contributed by atoms with E-state index in [1.54, 1.807) is 4.72 Å². The second-order valence-electron chi connectivity index (χ2n) is 7.60. The molecule has 0 aliphatic carbocycles. The van der Waals surface area contributed by atoms with Crippen molar-refractivity contribution < 1.29 is 13.2 Å². The van der Waals surface area contributed by atoms with Crippen LogP contribution in [0.15, 0.2) is 0 Å². The van der Waals surface area contributed by atoms with Gasteiger partial charge in [0.1, 0.15) is 0 Å². The molecule has 0 unspecified atom stereocenters. The normalized spacial score (nSPS) is 11.8. The quantitative estimate of drug-likeness (QED) is 0.293. The molecule has 0 aromatic heterocycles. The molecule has 0 heterocycles. The van der Waals surface area contributed by atoms with Gasteiger partial charge in [-0.2, -0.15) is 12.7 Å². The van der Waals surface area contributed by atoms with Crippen LogP contribution in [-0.4, -0.2) is 32.3 Å². The number of nitrogens with two attached hydrogens (primary N) is 1. The van der Waals surface area contributed by atoms with Crippen molar-refractivity contribution in [3.05, 3.63) is 0 Å². The number of rotatable bonds is 19. The van der Waals surface area contributed by atoms with Crippen molar-refractivity contribution in [1.29, 1.82) is 0 Å². The van der Waals surface area contributed by atoms with Gasteiger partial charge in [-0.25, -0.2) is 9.52 Å². The van der Waals surface area contributed by atoms with E-state index in [1.165, 1.54) is 90.5 Å². The number of primary amides is 1. The summed E-state index contributed by atoms with van der Waals surface area (Å²) in [6, 6.07) is -1.05. The van der Waals surface area contributed by atoms with Gasteiger partial charge in [-0.05, 0) is 6.42 Å². The van der Waals surface area contributed by atoms with Gasteiger partial charge in [0, 0.05) is 13.6 Å². The van der Waals surface area contributed by atoms with Crippen LogP contribution in [-0.2, 0) is 10.2 Å². The summed E-state index contributed by atoms with van der Waals surface area (Å²) in [6.07, 6.45) is 20.6. The van der Waals surface area contributed by atoms with E-state index in [-0.39, 0.29) is 0 Å². The Hall–Kier alpha value is -0.820. The fourth-order valence-corrected chi connectivity index (χ4v) is 3.99. The Morgan fingerprint density at radius 2 is 1.07 bits per heavy atom. The van der Waals surface area contributed by atoms with E-state index in [4.69, 9.17) is 5.73 Å². The summed E-state index contributed by atoms with van der Waals surface area (Å²) in [4.78, 5) is 10.6. The Morgan fingerprint density at radius 1 is 0.741 bits per heavy atom. The van der Waals surface area contributed by atoms with Crippen LogP contribution in [0, 0.1) is 0 Å². The van der Waals surface area contributed by atoms with Crippen LogP contribution in [0.25, 0.3) is 0 Å². The van der Waals surface area contributed by atoms with Crippen LogP contribution < -0.4 is 10.5 Å². The van der Waals surface area contributed by atoms with E-state index in [0.717, 1.165) is 23.6 Å². The topological polar surface area (TPSA) is 92.5 Å². The molecule has 0 rings (SSSR count). The number of hydrogen-bond acceptors (Lipinski definition) is 3. The van der Waals surface area contributed by atoms with Crippen LogP contribution in [0.1, 0.15) is 110 Å². The summed E-state index contributed by atoms with van der Waals surface area (Å²) in [7, 11) is -2.32. The number of carbonyl (C=O) groups excluding carboxylic acids is 1. The molecular weight excluding hydrogens is 362 g/mol. The van der Waals surface area contributed by atoms with Gasteiger partial charge in [0.2, 0.25) is 0 Å². The molecule has 162 valence electrons. The molecule has 0 spiro atoms. The number of carbonyl (C=O) groups is 1. The Labute approximate surface area is 167 Å². The predicted octanol–water partition coefficient (Wildman–Crippen LogP) is 5.09. The fraction of sp³-hybridized carbons (Fsp3) is 0.950. The van der Waals surface area contributed by atoms with Crippen LogP contribution in [0.4, 0.5) is 4.79 Å². The highest BCUT2D eigenvalue weighted by Crippen LogP contribution is 2.13. The van der Waals surface area contributed by atoms with E-state index in [0.29, 0.717) is 6.54 Å². The van der Waals surface area contributed by atoms with Crippen molar-refractivity contribution in [2.75, 3.05) is 13.6 Å². The van der Waals surface area contributed by atoms with Crippen molar-refractivity contribution in [2.45, 2.75) is 110 Å². The third-order valence-electron chi connectivity index (χ3n) is 4.97. The highest BCUT2D eigenvalue weighted by molar-refractivity contribution is 7.87. The van der Waals surface area contributed by atoms with Gasteiger partial charge in [0.05, 0.1) is 0 Å². The second kappa shape index (κ2) is 17.3. The summed E-state index contributed by atoms with van der Waals surface area (Å²) in [5, 5.41) is 0. The van der Waals surface area contributed by atoms with Crippen LogP contribution in [0.5, 0.6) is 0 Å². The number of unbranched alkanes of at least 4 members (excludes halogenated alkanes) is 15. The lowest BCUT2D eigenvalue weighted by Gasteiger charge is -2.16. The Morgan fingerprint density at radius 3 is 1.41 bits per heavy atom. The number of amides is 2. The van der Waals surface area contributed by atoms with Gasteiger partial charge >= 0.3 is 16.2 Å². The summed E-state index contributed by atoms with van der Waals surface area (Å²) in [5.41, 5.74) is 4.85. The molecule has 0 saturated heterocycles. The summed E-state index contributed by atoms with van der Waals surface area (Å²) in [6.45, 7) is 2.67. The molecule has 0 fully saturated rings. The van der Waals surface area contributed by atoms with Gasteiger partial charge in [0.25, 0.3) is 0 Å². The van der Waals surface area contributed by atoms with Crippen LogP contribution in [0.3, 0.4) is 0 Å². The summed E-state index contributed by atoms with van der Waals surface area (Å²) >= 11 is 0. The van der Waals surface area contributed by atoms with Crippen molar-refractivity contribution in [3.63, 3.8) is 0 Å². The Balaban J connectivity index is 3.33. The third kappa shape index (κ3) is 17.0. The zero-order chi connectivity index (χ0) is 20.4. The Bertz CT molecular complexity index is 455. The minimum absolute atomic E-state index is 0.404. The first kappa shape index (κ1) is 26.2. The molecule has 0 saturated carbocycles. The minimum atomic E-state index is -3.77. The standard InChI is InChI=1S/C20H43N3O3S/c1-3-4-5-6-7-8-9-10-11-12-13-14-15-16-17-18-19-23(2)27(25,26)22-20(21)24/h3-19H2,1-2H3,(H3,21,22,24). The lowest BCUT2D eigenvalue weighted by Crippen LogP contribution is -2.44. The average Bonchev–Trinajstić information content (AvgIpc) is 2.60. The number of hydrogen-bond donors (Lipinski definition) is 2. The highest BCUT2D eigenvalue weighted by Gasteiger charge is 2.18. The number of urea groups is 1. The molecule has 3 N–H and O–H groups in total. The molecular formula is C20H43N3O3S. The molecule has 27 heavy (non-hydrogen) atoms. The molecule has 2 amide bonds. The zero-order valence-electron chi connectivity index (χ0n) is 17.7. The van der Waals surface area contributed by atoms with E-state index in [9.17, 15) is 13.2 Å². The maximum absolute atomic E-state index is 11.6. The molecule has 6 nitrogen and oxygen atoms in total. The smallest absolute Gasteiger partial charge is 0.326 e. The van der Waals surface area contributed by atoms with Gasteiger partial charge in [-0.15, -0.1) is 0 Å². The molecule has 0 radical (unpaired) electrons. The third-order valence-corrected chi connectivity index (χ3v) is 6.43. The van der Waals surface area contributed by atoms with Gasteiger partial charge in [-0.1, -0.05) is 103 Å². The molecule has 0 aromatic carbocycles. The fourth-order valence-electron chi connectivity index (χ4n) is 3.21. The molecule has 0 aliphatic heterocycles. The van der Waals surface area contributed by atoms with Crippen molar-refractivity contribution in [3.8, 4) is 0 Å².